The van der Waals surface area contributed by atoms with Gasteiger partial charge in [-0.3, -0.25) is 10.1 Å². The number of carbonyl (C=O) groups is 1. The van der Waals surface area contributed by atoms with E-state index >= 15 is 0 Å². The van der Waals surface area contributed by atoms with Crippen molar-refractivity contribution in [2.24, 2.45) is 0 Å². The van der Waals surface area contributed by atoms with Gasteiger partial charge in [-0.25, -0.2) is 9.37 Å². The van der Waals surface area contributed by atoms with Gasteiger partial charge in [0.25, 0.3) is 5.91 Å². The van der Waals surface area contributed by atoms with Crippen molar-refractivity contribution < 1.29 is 18.3 Å². The number of aryl methyl sites for hydroxylation is 1. The van der Waals surface area contributed by atoms with Gasteiger partial charge in [-0.15, -0.1) is 10.2 Å². The van der Waals surface area contributed by atoms with Crippen molar-refractivity contribution in [2.75, 3.05) is 5.32 Å². The second kappa shape index (κ2) is 8.19. The molecule has 29 heavy (non-hydrogen) atoms. The minimum Gasteiger partial charge on any atom is -0.486 e. The molecule has 2 aromatic carbocycles. The third-order valence-electron chi connectivity index (χ3n) is 3.94. The zero-order valence-corrected chi connectivity index (χ0v) is 16.1. The quantitative estimate of drug-likeness (QED) is 0.504. The van der Waals surface area contributed by atoms with Crippen LogP contribution in [0.1, 0.15) is 21.1 Å². The molecule has 0 aliphatic carbocycles. The number of halogens is 1. The average Bonchev–Trinajstić information content (AvgIpc) is 3.37. The monoisotopic (exact) mass is 410 g/mol. The summed E-state index contributed by atoms with van der Waals surface area (Å²) in [6.07, 6.45) is 1.14. The van der Waals surface area contributed by atoms with Crippen LogP contribution in [0.15, 0.2) is 59.3 Å². The summed E-state index contributed by atoms with van der Waals surface area (Å²) >= 11 is 1.19. The molecule has 0 spiro atoms. The first-order valence-corrected chi connectivity index (χ1v) is 9.43. The summed E-state index contributed by atoms with van der Waals surface area (Å²) in [6.45, 7) is 2.23. The van der Waals surface area contributed by atoms with Gasteiger partial charge in [0, 0.05) is 5.56 Å². The van der Waals surface area contributed by atoms with Gasteiger partial charge < -0.3 is 9.15 Å². The molecule has 146 valence electrons. The van der Waals surface area contributed by atoms with Crippen LogP contribution in [0.3, 0.4) is 0 Å². The van der Waals surface area contributed by atoms with Gasteiger partial charge in [0.2, 0.25) is 5.13 Å². The molecule has 9 heteroatoms. The second-order valence-electron chi connectivity index (χ2n) is 6.10. The third kappa shape index (κ3) is 4.46. The molecular formula is C20H15FN4O3S. The second-order valence-corrected chi connectivity index (χ2v) is 7.16. The zero-order valence-electron chi connectivity index (χ0n) is 15.3. The lowest BCUT2D eigenvalue weighted by molar-refractivity contribution is 0.102. The molecule has 2 aromatic heterocycles. The number of ether oxygens (including phenoxy) is 1. The molecule has 7 nitrogen and oxygen atoms in total. The Balaban J connectivity index is 1.42. The maximum absolute atomic E-state index is 13.5. The SMILES string of the molecule is Cc1ccc(OCc2nnc(NC(=O)c3ncoc3-c3cccc(F)c3)s2)cc1. The number of nitrogens with one attached hydrogen (secondary N) is 1. The Morgan fingerprint density at radius 2 is 2.03 bits per heavy atom. The number of carbonyl (C=O) groups excluding carboxylic acids is 1. The van der Waals surface area contributed by atoms with Crippen LogP contribution >= 0.6 is 11.3 Å². The molecule has 1 amide bonds. The van der Waals surface area contributed by atoms with E-state index in [0.717, 1.165) is 17.7 Å². The Labute approximate surface area is 169 Å². The first kappa shape index (κ1) is 18.8. The number of anilines is 1. The Morgan fingerprint density at radius 3 is 2.83 bits per heavy atom. The molecular weight excluding hydrogens is 395 g/mol. The number of nitrogens with zero attached hydrogens (tertiary/aromatic N) is 3. The highest BCUT2D eigenvalue weighted by Gasteiger charge is 2.20. The Kier molecular flexibility index (Phi) is 5.30. The first-order chi connectivity index (χ1) is 14.1. The Morgan fingerprint density at radius 1 is 1.21 bits per heavy atom. The van der Waals surface area contributed by atoms with E-state index in [0.29, 0.717) is 15.7 Å². The zero-order chi connectivity index (χ0) is 20.2. The van der Waals surface area contributed by atoms with E-state index in [1.165, 1.54) is 29.5 Å². The average molecular weight is 410 g/mol. The van der Waals surface area contributed by atoms with Crippen LogP contribution in [0, 0.1) is 12.7 Å². The predicted molar refractivity (Wildman–Crippen MR) is 105 cm³/mol. The maximum atomic E-state index is 13.5. The van der Waals surface area contributed by atoms with E-state index in [1.54, 1.807) is 6.07 Å². The number of hydrogen-bond acceptors (Lipinski definition) is 7. The topological polar surface area (TPSA) is 90.1 Å². The van der Waals surface area contributed by atoms with Crippen LogP contribution in [0.2, 0.25) is 0 Å². The fourth-order valence-electron chi connectivity index (χ4n) is 2.54. The minimum absolute atomic E-state index is 0.0308. The van der Waals surface area contributed by atoms with E-state index in [9.17, 15) is 9.18 Å². The first-order valence-electron chi connectivity index (χ1n) is 8.61. The number of oxazole rings is 1. The van der Waals surface area contributed by atoms with Crippen LogP contribution in [-0.4, -0.2) is 21.1 Å². The third-order valence-corrected chi connectivity index (χ3v) is 4.75. The van der Waals surface area contributed by atoms with Gasteiger partial charge in [-0.1, -0.05) is 41.2 Å². The van der Waals surface area contributed by atoms with Crippen molar-refractivity contribution in [2.45, 2.75) is 13.5 Å². The van der Waals surface area contributed by atoms with Crippen LogP contribution in [0.5, 0.6) is 5.75 Å². The summed E-state index contributed by atoms with van der Waals surface area (Å²) in [5.41, 5.74) is 1.59. The predicted octanol–water partition coefficient (Wildman–Crippen LogP) is 4.47. The Hall–Kier alpha value is -3.59. The molecule has 0 radical (unpaired) electrons. The van der Waals surface area contributed by atoms with E-state index in [1.807, 2.05) is 31.2 Å². The molecule has 0 aliphatic rings. The lowest BCUT2D eigenvalue weighted by Gasteiger charge is -2.03. The maximum Gasteiger partial charge on any atom is 0.280 e. The van der Waals surface area contributed by atoms with Crippen molar-refractivity contribution in [1.82, 2.24) is 15.2 Å². The van der Waals surface area contributed by atoms with Crippen LogP contribution in [0.25, 0.3) is 11.3 Å². The number of rotatable bonds is 6. The minimum atomic E-state index is -0.528. The van der Waals surface area contributed by atoms with Gasteiger partial charge in [-0.2, -0.15) is 0 Å². The molecule has 4 aromatic rings. The molecule has 0 aliphatic heterocycles. The lowest BCUT2D eigenvalue weighted by Crippen LogP contribution is -2.13. The van der Waals surface area contributed by atoms with Crippen LogP contribution in [-0.2, 0) is 6.61 Å². The van der Waals surface area contributed by atoms with Gasteiger partial charge in [0.05, 0.1) is 0 Å². The van der Waals surface area contributed by atoms with Gasteiger partial charge in [0.15, 0.2) is 22.9 Å². The Bertz CT molecular complexity index is 1140. The van der Waals surface area contributed by atoms with Crippen molar-refractivity contribution in [1.29, 1.82) is 0 Å². The van der Waals surface area contributed by atoms with Crippen molar-refractivity contribution in [3.8, 4) is 17.1 Å². The lowest BCUT2D eigenvalue weighted by atomic mass is 10.1. The summed E-state index contributed by atoms with van der Waals surface area (Å²) in [7, 11) is 0. The number of benzene rings is 2. The molecule has 0 unspecified atom stereocenters. The van der Waals surface area contributed by atoms with Crippen LogP contribution in [0.4, 0.5) is 9.52 Å². The molecule has 4 rings (SSSR count). The van der Waals surface area contributed by atoms with Crippen molar-refractivity contribution in [3.05, 3.63) is 77.0 Å². The van der Waals surface area contributed by atoms with Gasteiger partial charge >= 0.3 is 0 Å². The standard InChI is InChI=1S/C20H15FN4O3S/c1-12-5-7-15(8-6-12)27-10-16-24-25-20(29-16)23-19(26)17-18(28-11-22-17)13-3-2-4-14(21)9-13/h2-9,11H,10H2,1H3,(H,23,25,26). The highest BCUT2D eigenvalue weighted by atomic mass is 32.1. The molecule has 0 bridgehead atoms. The number of aromatic nitrogens is 3. The smallest absolute Gasteiger partial charge is 0.280 e. The van der Waals surface area contributed by atoms with E-state index in [4.69, 9.17) is 9.15 Å². The van der Waals surface area contributed by atoms with Gasteiger partial charge in [0.1, 0.15) is 18.2 Å². The molecule has 1 N–H and O–H groups in total. The number of hydrogen-bond donors (Lipinski definition) is 1. The highest BCUT2D eigenvalue weighted by molar-refractivity contribution is 7.15. The molecule has 0 saturated carbocycles. The summed E-state index contributed by atoms with van der Waals surface area (Å²) < 4.78 is 24.4. The normalized spacial score (nSPS) is 10.7. The van der Waals surface area contributed by atoms with Crippen molar-refractivity contribution in [3.63, 3.8) is 0 Å². The molecule has 0 saturated heterocycles. The summed E-state index contributed by atoms with van der Waals surface area (Å²) in [5, 5.41) is 11.5. The summed E-state index contributed by atoms with van der Waals surface area (Å²) in [5.74, 6) is -0.0686. The van der Waals surface area contributed by atoms with E-state index in [2.05, 4.69) is 20.5 Å². The van der Waals surface area contributed by atoms with Gasteiger partial charge in [-0.05, 0) is 31.2 Å². The highest BCUT2D eigenvalue weighted by Crippen LogP contribution is 2.25. The fourth-order valence-corrected chi connectivity index (χ4v) is 3.19. The molecule has 0 atom stereocenters. The summed E-state index contributed by atoms with van der Waals surface area (Å²) in [6, 6.07) is 13.4. The molecule has 2 heterocycles. The molecule has 0 fully saturated rings. The van der Waals surface area contributed by atoms with E-state index < -0.39 is 11.7 Å². The van der Waals surface area contributed by atoms with E-state index in [-0.39, 0.29) is 18.1 Å². The summed E-state index contributed by atoms with van der Waals surface area (Å²) in [4.78, 5) is 16.5. The fraction of sp³-hybridized carbons (Fsp3) is 0.100. The number of amides is 1. The largest absolute Gasteiger partial charge is 0.486 e. The van der Waals surface area contributed by atoms with Crippen LogP contribution < -0.4 is 10.1 Å². The van der Waals surface area contributed by atoms with Crippen molar-refractivity contribution >= 4 is 22.4 Å².